The van der Waals surface area contributed by atoms with Gasteiger partial charge < -0.3 is 0 Å². The fourth-order valence-corrected chi connectivity index (χ4v) is 8.05. The maximum absolute atomic E-state index is 4.78. The summed E-state index contributed by atoms with van der Waals surface area (Å²) in [7, 11) is -3.24. The predicted molar refractivity (Wildman–Crippen MR) is 133 cm³/mol. The van der Waals surface area contributed by atoms with Crippen LogP contribution in [0.2, 0.25) is 32.7 Å². The van der Waals surface area contributed by atoms with Crippen LogP contribution in [0.1, 0.15) is 0 Å². The molecule has 0 saturated heterocycles. The van der Waals surface area contributed by atoms with Gasteiger partial charge in [0.2, 0.25) is 0 Å². The second-order valence-electron chi connectivity index (χ2n) is 9.42. The molecule has 146 valence electrons. The largest absolute Gasteiger partial charge is 0.256 e. The summed E-state index contributed by atoms with van der Waals surface area (Å²) in [6.07, 6.45) is 1.99. The van der Waals surface area contributed by atoms with Crippen molar-refractivity contribution >= 4 is 42.5 Å². The predicted octanol–water partition coefficient (Wildman–Crippen LogP) is 5.27. The zero-order valence-electron chi connectivity index (χ0n) is 18.0. The van der Waals surface area contributed by atoms with E-state index >= 15 is 0 Å². The molecule has 3 heteroatoms. The number of hydrogen-bond acceptors (Lipinski definition) is 1. The molecule has 29 heavy (non-hydrogen) atoms. The van der Waals surface area contributed by atoms with Gasteiger partial charge in [0.15, 0.2) is 0 Å². The highest BCUT2D eigenvalue weighted by atomic mass is 28.3. The number of rotatable bonds is 4. The van der Waals surface area contributed by atoms with E-state index in [1.54, 1.807) is 0 Å². The Labute approximate surface area is 176 Å². The van der Waals surface area contributed by atoms with Gasteiger partial charge in [0.05, 0.1) is 13.8 Å². The molecule has 1 nitrogen and oxygen atoms in total. The van der Waals surface area contributed by atoms with Crippen molar-refractivity contribution < 1.29 is 0 Å². The summed E-state index contributed by atoms with van der Waals surface area (Å²) in [5.41, 5.74) is 2.32. The lowest BCUT2D eigenvalue weighted by Crippen LogP contribution is -2.52. The molecule has 0 aliphatic carbocycles. The van der Waals surface area contributed by atoms with E-state index in [0.717, 1.165) is 5.69 Å². The first kappa shape index (κ1) is 19.8. The zero-order chi connectivity index (χ0) is 20.6. The van der Waals surface area contributed by atoms with Crippen LogP contribution in [0.25, 0.3) is 22.0 Å². The van der Waals surface area contributed by atoms with Crippen molar-refractivity contribution in [3.8, 4) is 11.3 Å². The smallest absolute Gasteiger partial charge is 0.112 e. The van der Waals surface area contributed by atoms with Gasteiger partial charge in [-0.05, 0) is 29.0 Å². The van der Waals surface area contributed by atoms with E-state index in [1.807, 2.05) is 6.20 Å². The van der Waals surface area contributed by atoms with E-state index in [4.69, 9.17) is 4.98 Å². The second kappa shape index (κ2) is 7.40. The third-order valence-electron chi connectivity index (χ3n) is 5.94. The lowest BCUT2D eigenvalue weighted by atomic mass is 10.0. The summed E-state index contributed by atoms with van der Waals surface area (Å²) in [4.78, 5) is 4.78. The molecule has 1 heterocycles. The third-order valence-corrected chi connectivity index (χ3v) is 11.5. The van der Waals surface area contributed by atoms with Crippen LogP contribution in [-0.2, 0) is 0 Å². The molecule has 4 rings (SSSR count). The molecule has 4 aromatic rings. The van der Waals surface area contributed by atoms with E-state index in [2.05, 4.69) is 112 Å². The number of nitrogens with zero attached hydrogens (tertiary/aromatic N) is 1. The van der Waals surface area contributed by atoms with E-state index in [1.165, 1.54) is 31.9 Å². The fraction of sp³-hybridized carbons (Fsp3) is 0.192. The molecule has 0 amide bonds. The Morgan fingerprint density at radius 3 is 2.07 bits per heavy atom. The maximum Gasteiger partial charge on any atom is 0.112 e. The van der Waals surface area contributed by atoms with Crippen molar-refractivity contribution in [3.05, 3.63) is 85.1 Å². The molecular weight excluding hydrogens is 382 g/mol. The van der Waals surface area contributed by atoms with E-state index < -0.39 is 16.1 Å². The highest BCUT2D eigenvalue weighted by Crippen LogP contribution is 2.24. The van der Waals surface area contributed by atoms with Crippen molar-refractivity contribution in [1.29, 1.82) is 0 Å². The summed E-state index contributed by atoms with van der Waals surface area (Å²) in [5.74, 6) is 0. The monoisotopic (exact) mass is 411 g/mol. The van der Waals surface area contributed by atoms with Crippen LogP contribution in [0.4, 0.5) is 0 Å². The van der Waals surface area contributed by atoms with Crippen LogP contribution >= 0.6 is 0 Å². The number of pyridine rings is 1. The van der Waals surface area contributed by atoms with Crippen molar-refractivity contribution in [2.45, 2.75) is 32.7 Å². The van der Waals surface area contributed by atoms with Crippen molar-refractivity contribution in [3.63, 3.8) is 0 Å². The van der Waals surface area contributed by atoms with Crippen LogP contribution in [0.15, 0.2) is 85.1 Å². The average Bonchev–Trinajstić information content (AvgIpc) is 2.73. The average molecular weight is 412 g/mol. The van der Waals surface area contributed by atoms with Crippen LogP contribution in [-0.4, -0.2) is 21.1 Å². The first-order valence-corrected chi connectivity index (χ1v) is 16.8. The Morgan fingerprint density at radius 2 is 1.34 bits per heavy atom. The first-order chi connectivity index (χ1) is 13.8. The normalized spacial score (nSPS) is 12.3. The molecule has 0 spiro atoms. The quantitative estimate of drug-likeness (QED) is 0.417. The summed E-state index contributed by atoms with van der Waals surface area (Å²) < 4.78 is 0. The molecule has 1 aromatic heterocycles. The molecule has 0 bridgehead atoms. The molecule has 0 aliphatic rings. The summed E-state index contributed by atoms with van der Waals surface area (Å²) in [6.45, 7) is 12.1. The van der Waals surface area contributed by atoms with Crippen molar-refractivity contribution in [1.82, 2.24) is 4.98 Å². The van der Waals surface area contributed by atoms with Gasteiger partial charge in [-0.3, -0.25) is 4.98 Å². The molecule has 0 atom stereocenters. The minimum absolute atomic E-state index is 1.09. The van der Waals surface area contributed by atoms with E-state index in [0.29, 0.717) is 0 Å². The van der Waals surface area contributed by atoms with E-state index in [-0.39, 0.29) is 0 Å². The van der Waals surface area contributed by atoms with Crippen LogP contribution < -0.4 is 15.6 Å². The Morgan fingerprint density at radius 1 is 0.655 bits per heavy atom. The summed E-state index contributed by atoms with van der Waals surface area (Å²) >= 11 is 0. The molecule has 0 saturated carbocycles. The van der Waals surface area contributed by atoms with Gasteiger partial charge in [0.25, 0.3) is 0 Å². The number of hydrogen-bond donors (Lipinski definition) is 0. The lowest BCUT2D eigenvalue weighted by molar-refractivity contribution is 1.34. The van der Waals surface area contributed by atoms with Crippen molar-refractivity contribution in [2.75, 3.05) is 0 Å². The highest BCUT2D eigenvalue weighted by Gasteiger charge is 2.26. The molecule has 0 N–H and O–H groups in total. The summed E-state index contributed by atoms with van der Waals surface area (Å²) in [6, 6.07) is 29.0. The molecule has 3 aromatic carbocycles. The van der Waals surface area contributed by atoms with Crippen LogP contribution in [0.3, 0.4) is 0 Å². The molecular formula is C26H29NSi2. The van der Waals surface area contributed by atoms with Gasteiger partial charge in [0.1, 0.15) is 8.07 Å². The van der Waals surface area contributed by atoms with Gasteiger partial charge >= 0.3 is 0 Å². The number of fused-ring (bicyclic) bond motifs is 1. The minimum Gasteiger partial charge on any atom is -0.256 e. The second-order valence-corrected chi connectivity index (χ2v) is 18.9. The third kappa shape index (κ3) is 3.85. The number of aromatic nitrogens is 1. The molecule has 0 aliphatic heterocycles. The SMILES string of the molecule is C[Si](C)(C)c1cc(-c2cc([Si](C)(C)c3ccccc3)ccn2)cc2ccccc12. The van der Waals surface area contributed by atoms with Gasteiger partial charge in [-0.25, -0.2) is 0 Å². The lowest BCUT2D eigenvalue weighted by Gasteiger charge is -2.24. The number of benzene rings is 3. The van der Waals surface area contributed by atoms with Crippen LogP contribution in [0.5, 0.6) is 0 Å². The van der Waals surface area contributed by atoms with E-state index in [9.17, 15) is 0 Å². The van der Waals surface area contributed by atoms with Crippen LogP contribution in [0, 0.1) is 0 Å². The highest BCUT2D eigenvalue weighted by molar-refractivity contribution is 7.00. The summed E-state index contributed by atoms with van der Waals surface area (Å²) in [5, 5.41) is 7.10. The fourth-order valence-electron chi connectivity index (χ4n) is 4.08. The molecule has 0 radical (unpaired) electrons. The maximum atomic E-state index is 4.78. The molecule has 0 fully saturated rings. The van der Waals surface area contributed by atoms with Gasteiger partial charge in [-0.15, -0.1) is 0 Å². The standard InChI is InChI=1S/C26H29NSi2/c1-28(2,3)26-18-21(17-20-11-9-10-14-24(20)26)25-19-23(15-16-27-25)29(4,5)22-12-7-6-8-13-22/h6-19H,1-5H3. The first-order valence-electron chi connectivity index (χ1n) is 10.3. The van der Waals surface area contributed by atoms with Gasteiger partial charge in [-0.2, -0.15) is 0 Å². The Hall–Kier alpha value is -2.50. The Bertz CT molecular complexity index is 1160. The van der Waals surface area contributed by atoms with Crippen molar-refractivity contribution in [2.24, 2.45) is 0 Å². The van der Waals surface area contributed by atoms with Gasteiger partial charge in [-0.1, -0.05) is 109 Å². The minimum atomic E-state index is -1.76. The zero-order valence-corrected chi connectivity index (χ0v) is 20.0. The topological polar surface area (TPSA) is 12.9 Å². The Balaban J connectivity index is 1.87. The van der Waals surface area contributed by atoms with Gasteiger partial charge in [0, 0.05) is 11.8 Å². The Kier molecular flexibility index (Phi) is 5.05. The molecule has 0 unspecified atom stereocenters.